The lowest BCUT2D eigenvalue weighted by atomic mass is 10.1. The molecule has 7 heteroatoms. The molecule has 0 fully saturated rings. The summed E-state index contributed by atoms with van der Waals surface area (Å²) in [5.41, 5.74) is 0. The summed E-state index contributed by atoms with van der Waals surface area (Å²) < 4.78 is 1.70. The van der Waals surface area contributed by atoms with E-state index in [1.54, 1.807) is 23.3 Å². The third-order valence-electron chi connectivity index (χ3n) is 2.94. The summed E-state index contributed by atoms with van der Waals surface area (Å²) in [5, 5.41) is 0.185. The molecule has 0 aliphatic carbocycles. The summed E-state index contributed by atoms with van der Waals surface area (Å²) in [6.45, 7) is 5.23. The van der Waals surface area contributed by atoms with Crippen LogP contribution in [0, 0.1) is 5.92 Å². The fourth-order valence-electron chi connectivity index (χ4n) is 1.67. The van der Waals surface area contributed by atoms with Crippen molar-refractivity contribution < 1.29 is 0 Å². The summed E-state index contributed by atoms with van der Waals surface area (Å²) in [5.74, 6) is 1.62. The van der Waals surface area contributed by atoms with Gasteiger partial charge in [0.05, 0.1) is 0 Å². The molecule has 0 saturated carbocycles. The van der Waals surface area contributed by atoms with E-state index in [0.717, 1.165) is 13.0 Å². The molecule has 0 radical (unpaired) electrons. The van der Waals surface area contributed by atoms with Gasteiger partial charge in [0.25, 0.3) is 0 Å². The minimum absolute atomic E-state index is 0.185. The van der Waals surface area contributed by atoms with E-state index in [9.17, 15) is 0 Å². The third-order valence-corrected chi connectivity index (χ3v) is 3.11. The van der Waals surface area contributed by atoms with Gasteiger partial charge in [-0.05, 0) is 17.5 Å². The van der Waals surface area contributed by atoms with E-state index in [-0.39, 0.29) is 5.28 Å². The minimum atomic E-state index is 0.185. The number of anilines is 1. The Labute approximate surface area is 117 Å². The standard InChI is InChI=1S/C12H17ClN6/c1-4-9(2)7-18(3)11-15-10(13)16-12(17-11)19-6-5-14-8-19/h5-6,8-9H,4,7H2,1-3H3. The van der Waals surface area contributed by atoms with Gasteiger partial charge in [0, 0.05) is 26.0 Å². The number of rotatable bonds is 5. The molecule has 2 rings (SSSR count). The second-order valence-corrected chi connectivity index (χ2v) is 4.91. The van der Waals surface area contributed by atoms with Crippen molar-refractivity contribution in [2.24, 2.45) is 5.92 Å². The van der Waals surface area contributed by atoms with Gasteiger partial charge in [-0.1, -0.05) is 20.3 Å². The van der Waals surface area contributed by atoms with E-state index in [0.29, 0.717) is 17.8 Å². The Balaban J connectivity index is 2.26. The van der Waals surface area contributed by atoms with Crippen LogP contribution in [0.4, 0.5) is 5.95 Å². The smallest absolute Gasteiger partial charge is 0.241 e. The van der Waals surface area contributed by atoms with Crippen molar-refractivity contribution >= 4 is 17.5 Å². The first-order valence-electron chi connectivity index (χ1n) is 6.21. The quantitative estimate of drug-likeness (QED) is 0.840. The van der Waals surface area contributed by atoms with E-state index in [4.69, 9.17) is 11.6 Å². The van der Waals surface area contributed by atoms with Crippen molar-refractivity contribution in [1.29, 1.82) is 0 Å². The zero-order valence-corrected chi connectivity index (χ0v) is 12.0. The molecule has 2 aromatic rings. The molecular formula is C12H17ClN6. The number of nitrogens with zero attached hydrogens (tertiary/aromatic N) is 6. The van der Waals surface area contributed by atoms with Gasteiger partial charge in [-0.2, -0.15) is 15.0 Å². The topological polar surface area (TPSA) is 59.7 Å². The van der Waals surface area contributed by atoms with Gasteiger partial charge in [-0.25, -0.2) is 4.98 Å². The summed E-state index contributed by atoms with van der Waals surface area (Å²) in [4.78, 5) is 18.6. The van der Waals surface area contributed by atoms with Crippen molar-refractivity contribution in [3.8, 4) is 5.95 Å². The predicted octanol–water partition coefficient (Wildman–Crippen LogP) is 2.19. The first-order valence-corrected chi connectivity index (χ1v) is 6.59. The monoisotopic (exact) mass is 280 g/mol. The van der Waals surface area contributed by atoms with Crippen LogP contribution >= 0.6 is 11.6 Å². The number of hydrogen-bond donors (Lipinski definition) is 0. The molecule has 1 atom stereocenters. The van der Waals surface area contributed by atoms with Crippen molar-refractivity contribution in [2.75, 3.05) is 18.5 Å². The maximum absolute atomic E-state index is 5.96. The summed E-state index contributed by atoms with van der Waals surface area (Å²) in [7, 11) is 1.95. The molecule has 0 aliphatic heterocycles. The van der Waals surface area contributed by atoms with Crippen molar-refractivity contribution in [3.05, 3.63) is 24.0 Å². The van der Waals surface area contributed by atoms with Crippen LogP contribution in [0.3, 0.4) is 0 Å². The van der Waals surface area contributed by atoms with Crippen LogP contribution in [0.2, 0.25) is 5.28 Å². The Morgan fingerprint density at radius 1 is 1.37 bits per heavy atom. The van der Waals surface area contributed by atoms with Gasteiger partial charge in [0.15, 0.2) is 0 Å². The molecular weight excluding hydrogens is 264 g/mol. The second-order valence-electron chi connectivity index (χ2n) is 4.57. The highest BCUT2D eigenvalue weighted by atomic mass is 35.5. The van der Waals surface area contributed by atoms with Crippen molar-refractivity contribution in [1.82, 2.24) is 24.5 Å². The summed E-state index contributed by atoms with van der Waals surface area (Å²) in [6.07, 6.45) is 6.17. The SMILES string of the molecule is CCC(C)CN(C)c1nc(Cl)nc(-n2ccnc2)n1. The van der Waals surface area contributed by atoms with Gasteiger partial charge < -0.3 is 4.90 Å². The lowest BCUT2D eigenvalue weighted by molar-refractivity contribution is 0.554. The Morgan fingerprint density at radius 3 is 2.79 bits per heavy atom. The van der Waals surface area contributed by atoms with E-state index in [1.165, 1.54) is 0 Å². The number of hydrogen-bond acceptors (Lipinski definition) is 5. The van der Waals surface area contributed by atoms with Crippen LogP contribution in [-0.4, -0.2) is 38.1 Å². The number of aromatic nitrogens is 5. The fourth-order valence-corrected chi connectivity index (χ4v) is 1.82. The molecule has 0 spiro atoms. The largest absolute Gasteiger partial charge is 0.343 e. The van der Waals surface area contributed by atoms with Gasteiger partial charge >= 0.3 is 0 Å². The van der Waals surface area contributed by atoms with Crippen LogP contribution < -0.4 is 4.90 Å². The van der Waals surface area contributed by atoms with Crippen LogP contribution in [0.25, 0.3) is 5.95 Å². The molecule has 0 amide bonds. The normalized spacial score (nSPS) is 12.4. The molecule has 2 aromatic heterocycles. The predicted molar refractivity (Wildman–Crippen MR) is 74.7 cm³/mol. The highest BCUT2D eigenvalue weighted by Gasteiger charge is 2.12. The van der Waals surface area contributed by atoms with Crippen molar-refractivity contribution in [2.45, 2.75) is 20.3 Å². The molecule has 0 saturated heterocycles. The minimum Gasteiger partial charge on any atom is -0.343 e. The highest BCUT2D eigenvalue weighted by molar-refractivity contribution is 6.28. The zero-order valence-electron chi connectivity index (χ0n) is 11.3. The lowest BCUT2D eigenvalue weighted by Gasteiger charge is -2.20. The van der Waals surface area contributed by atoms with Crippen LogP contribution in [0.1, 0.15) is 20.3 Å². The first-order chi connectivity index (χ1) is 9.10. The van der Waals surface area contributed by atoms with Gasteiger partial charge in [-0.3, -0.25) is 4.57 Å². The van der Waals surface area contributed by atoms with E-state index < -0.39 is 0 Å². The average Bonchev–Trinajstić information content (AvgIpc) is 2.91. The van der Waals surface area contributed by atoms with Gasteiger partial charge in [0.1, 0.15) is 6.33 Å². The van der Waals surface area contributed by atoms with E-state index in [2.05, 4.69) is 33.8 Å². The van der Waals surface area contributed by atoms with E-state index >= 15 is 0 Å². The summed E-state index contributed by atoms with van der Waals surface area (Å²) in [6, 6.07) is 0. The molecule has 102 valence electrons. The van der Waals surface area contributed by atoms with Crippen LogP contribution in [0.15, 0.2) is 18.7 Å². The highest BCUT2D eigenvalue weighted by Crippen LogP contribution is 2.14. The van der Waals surface area contributed by atoms with E-state index in [1.807, 2.05) is 11.9 Å². The third kappa shape index (κ3) is 3.41. The molecule has 19 heavy (non-hydrogen) atoms. The molecule has 0 aromatic carbocycles. The number of imidazole rings is 1. The average molecular weight is 281 g/mol. The number of halogens is 1. The summed E-state index contributed by atoms with van der Waals surface area (Å²) >= 11 is 5.96. The van der Waals surface area contributed by atoms with Gasteiger partial charge in [0.2, 0.25) is 17.2 Å². The molecule has 6 nitrogen and oxygen atoms in total. The maximum atomic E-state index is 5.96. The molecule has 2 heterocycles. The maximum Gasteiger partial charge on any atom is 0.241 e. The Hall–Kier alpha value is -1.69. The van der Waals surface area contributed by atoms with Gasteiger partial charge in [-0.15, -0.1) is 0 Å². The molecule has 0 aliphatic rings. The zero-order chi connectivity index (χ0) is 13.8. The molecule has 1 unspecified atom stereocenters. The fraction of sp³-hybridized carbons (Fsp3) is 0.500. The Morgan fingerprint density at radius 2 is 2.16 bits per heavy atom. The first kappa shape index (κ1) is 13.7. The Bertz CT molecular complexity index is 527. The Kier molecular flexibility index (Phi) is 4.31. The van der Waals surface area contributed by atoms with Crippen LogP contribution in [-0.2, 0) is 0 Å². The second kappa shape index (κ2) is 5.97. The van der Waals surface area contributed by atoms with Crippen molar-refractivity contribution in [3.63, 3.8) is 0 Å². The lowest BCUT2D eigenvalue weighted by Crippen LogP contribution is -2.26. The molecule has 0 bridgehead atoms. The molecule has 0 N–H and O–H groups in total. The van der Waals surface area contributed by atoms with Crippen LogP contribution in [0.5, 0.6) is 0 Å².